The third-order valence-corrected chi connectivity index (χ3v) is 4.15. The predicted molar refractivity (Wildman–Crippen MR) is 84.0 cm³/mol. The number of ether oxygens (including phenoxy) is 1. The number of hydrogen-bond donors (Lipinski definition) is 0. The number of hydrogen-bond acceptors (Lipinski definition) is 2. The number of benzene rings is 2. The van der Waals surface area contributed by atoms with Crippen molar-refractivity contribution in [3.05, 3.63) is 64.2 Å². The topological polar surface area (TPSA) is 26.3 Å². The minimum atomic E-state index is 0.244. The molecule has 0 unspecified atom stereocenters. The fraction of sp³-hybridized carbons (Fsp3) is 0.316. The summed E-state index contributed by atoms with van der Waals surface area (Å²) >= 11 is 0. The first-order valence-corrected chi connectivity index (χ1v) is 7.49. The van der Waals surface area contributed by atoms with Crippen LogP contribution in [0.4, 0.5) is 0 Å². The van der Waals surface area contributed by atoms with Crippen molar-refractivity contribution < 1.29 is 9.53 Å². The van der Waals surface area contributed by atoms with Gasteiger partial charge in [0.25, 0.3) is 0 Å². The summed E-state index contributed by atoms with van der Waals surface area (Å²) < 4.78 is 6.02. The summed E-state index contributed by atoms with van der Waals surface area (Å²) in [5.41, 5.74) is 5.61. The summed E-state index contributed by atoms with van der Waals surface area (Å²) in [4.78, 5) is 12.0. The molecule has 0 saturated carbocycles. The van der Waals surface area contributed by atoms with Crippen LogP contribution in [0.1, 0.15) is 45.5 Å². The molecule has 0 N–H and O–H groups in total. The standard InChI is InChI=1S/C19H20O2/c1-13-9-10-14(2)15(11-13)12-21-19-8-4-5-16-17(19)6-3-7-18(16)20/h4-5,8-11H,3,6-7,12H2,1-2H3. The van der Waals surface area contributed by atoms with Crippen LogP contribution in [0.25, 0.3) is 0 Å². The van der Waals surface area contributed by atoms with Gasteiger partial charge in [0.2, 0.25) is 0 Å². The van der Waals surface area contributed by atoms with Crippen molar-refractivity contribution in [2.24, 2.45) is 0 Å². The molecule has 0 amide bonds. The quantitative estimate of drug-likeness (QED) is 0.833. The van der Waals surface area contributed by atoms with E-state index in [1.165, 1.54) is 16.7 Å². The van der Waals surface area contributed by atoms with Gasteiger partial charge in [-0.15, -0.1) is 0 Å². The average Bonchev–Trinajstić information content (AvgIpc) is 2.49. The highest BCUT2D eigenvalue weighted by molar-refractivity contribution is 5.99. The Morgan fingerprint density at radius 1 is 1.10 bits per heavy atom. The van der Waals surface area contributed by atoms with Gasteiger partial charge in [0.05, 0.1) is 0 Å². The van der Waals surface area contributed by atoms with Crippen LogP contribution in [0.15, 0.2) is 36.4 Å². The predicted octanol–water partition coefficient (Wildman–Crippen LogP) is 4.40. The maximum atomic E-state index is 12.0. The van der Waals surface area contributed by atoms with E-state index in [1.54, 1.807) is 0 Å². The number of ketones is 1. The monoisotopic (exact) mass is 280 g/mol. The second-order valence-corrected chi connectivity index (χ2v) is 5.78. The molecule has 0 aromatic heterocycles. The van der Waals surface area contributed by atoms with Crippen LogP contribution in [0.5, 0.6) is 5.75 Å². The van der Waals surface area contributed by atoms with Crippen molar-refractivity contribution in [2.75, 3.05) is 0 Å². The molecule has 0 bridgehead atoms. The van der Waals surface area contributed by atoms with Crippen molar-refractivity contribution in [2.45, 2.75) is 39.7 Å². The molecule has 2 aromatic carbocycles. The van der Waals surface area contributed by atoms with E-state index < -0.39 is 0 Å². The van der Waals surface area contributed by atoms with E-state index in [0.717, 1.165) is 29.7 Å². The minimum Gasteiger partial charge on any atom is -0.489 e. The van der Waals surface area contributed by atoms with Gasteiger partial charge in [0.15, 0.2) is 5.78 Å². The molecule has 0 atom stereocenters. The lowest BCUT2D eigenvalue weighted by molar-refractivity contribution is 0.0971. The van der Waals surface area contributed by atoms with Crippen molar-refractivity contribution in [3.63, 3.8) is 0 Å². The van der Waals surface area contributed by atoms with E-state index in [9.17, 15) is 4.79 Å². The third kappa shape index (κ3) is 2.85. The first-order chi connectivity index (χ1) is 10.1. The Labute approximate surface area is 125 Å². The molecule has 0 aliphatic heterocycles. The van der Waals surface area contributed by atoms with Crippen LogP contribution >= 0.6 is 0 Å². The van der Waals surface area contributed by atoms with Crippen LogP contribution < -0.4 is 4.74 Å². The summed E-state index contributed by atoms with van der Waals surface area (Å²) in [6.07, 6.45) is 2.52. The molecule has 108 valence electrons. The average molecular weight is 280 g/mol. The van der Waals surface area contributed by atoms with Gasteiger partial charge >= 0.3 is 0 Å². The van der Waals surface area contributed by atoms with Crippen LogP contribution in [0, 0.1) is 13.8 Å². The van der Waals surface area contributed by atoms with Gasteiger partial charge in [-0.05, 0) is 43.9 Å². The molecular weight excluding hydrogens is 260 g/mol. The Kier molecular flexibility index (Phi) is 3.78. The Balaban J connectivity index is 1.84. The molecule has 1 aliphatic rings. The van der Waals surface area contributed by atoms with E-state index in [0.29, 0.717) is 13.0 Å². The molecule has 0 spiro atoms. The number of carbonyl (C=O) groups is 1. The first kappa shape index (κ1) is 13.9. The normalized spacial score (nSPS) is 13.9. The van der Waals surface area contributed by atoms with E-state index in [2.05, 4.69) is 32.0 Å². The van der Waals surface area contributed by atoms with E-state index in [-0.39, 0.29) is 5.78 Å². The van der Waals surface area contributed by atoms with Crippen molar-refractivity contribution in [1.82, 2.24) is 0 Å². The third-order valence-electron chi connectivity index (χ3n) is 4.15. The Morgan fingerprint density at radius 3 is 2.81 bits per heavy atom. The largest absolute Gasteiger partial charge is 0.489 e. The highest BCUT2D eigenvalue weighted by Gasteiger charge is 2.20. The Morgan fingerprint density at radius 2 is 1.95 bits per heavy atom. The molecule has 2 nitrogen and oxygen atoms in total. The first-order valence-electron chi connectivity index (χ1n) is 7.49. The Bertz CT molecular complexity index is 686. The molecule has 0 radical (unpaired) electrons. The molecule has 2 heteroatoms. The molecule has 1 aliphatic carbocycles. The van der Waals surface area contributed by atoms with Gasteiger partial charge in [-0.3, -0.25) is 4.79 Å². The van der Waals surface area contributed by atoms with Crippen molar-refractivity contribution >= 4 is 5.78 Å². The number of Topliss-reactive ketones (excluding diaryl/α,β-unsaturated/α-hetero) is 1. The van der Waals surface area contributed by atoms with Crippen LogP contribution in [0.3, 0.4) is 0 Å². The van der Waals surface area contributed by atoms with E-state index >= 15 is 0 Å². The molecule has 0 fully saturated rings. The fourth-order valence-corrected chi connectivity index (χ4v) is 2.89. The highest BCUT2D eigenvalue weighted by Crippen LogP contribution is 2.30. The van der Waals surface area contributed by atoms with Gasteiger partial charge in [-0.1, -0.05) is 35.9 Å². The number of fused-ring (bicyclic) bond motifs is 1. The lowest BCUT2D eigenvalue weighted by Crippen LogP contribution is -2.12. The van der Waals surface area contributed by atoms with Gasteiger partial charge < -0.3 is 4.74 Å². The summed E-state index contributed by atoms with van der Waals surface area (Å²) in [6, 6.07) is 12.2. The zero-order valence-electron chi connectivity index (χ0n) is 12.6. The summed E-state index contributed by atoms with van der Waals surface area (Å²) in [5, 5.41) is 0. The zero-order chi connectivity index (χ0) is 14.8. The summed E-state index contributed by atoms with van der Waals surface area (Å²) in [7, 11) is 0. The lowest BCUT2D eigenvalue weighted by atomic mass is 9.90. The van der Waals surface area contributed by atoms with Crippen LogP contribution in [-0.2, 0) is 13.0 Å². The number of aryl methyl sites for hydroxylation is 2. The van der Waals surface area contributed by atoms with Crippen molar-refractivity contribution in [3.8, 4) is 5.75 Å². The number of carbonyl (C=O) groups excluding carboxylic acids is 1. The second kappa shape index (κ2) is 5.72. The summed E-state index contributed by atoms with van der Waals surface area (Å²) in [6.45, 7) is 4.74. The van der Waals surface area contributed by atoms with Crippen LogP contribution in [0.2, 0.25) is 0 Å². The molecule has 0 saturated heterocycles. The van der Waals surface area contributed by atoms with Gasteiger partial charge in [0.1, 0.15) is 12.4 Å². The zero-order valence-corrected chi connectivity index (χ0v) is 12.6. The summed E-state index contributed by atoms with van der Waals surface area (Å²) in [5.74, 6) is 1.11. The molecule has 2 aromatic rings. The van der Waals surface area contributed by atoms with E-state index in [4.69, 9.17) is 4.74 Å². The van der Waals surface area contributed by atoms with Gasteiger partial charge in [0, 0.05) is 17.5 Å². The molecule has 21 heavy (non-hydrogen) atoms. The fourth-order valence-electron chi connectivity index (χ4n) is 2.89. The second-order valence-electron chi connectivity index (χ2n) is 5.78. The molecular formula is C19H20O2. The maximum absolute atomic E-state index is 12.0. The molecule has 3 rings (SSSR count). The Hall–Kier alpha value is -2.09. The lowest BCUT2D eigenvalue weighted by Gasteiger charge is -2.19. The minimum absolute atomic E-state index is 0.244. The van der Waals surface area contributed by atoms with Gasteiger partial charge in [-0.2, -0.15) is 0 Å². The highest BCUT2D eigenvalue weighted by atomic mass is 16.5. The van der Waals surface area contributed by atoms with Gasteiger partial charge in [-0.25, -0.2) is 0 Å². The number of rotatable bonds is 3. The van der Waals surface area contributed by atoms with E-state index in [1.807, 2.05) is 18.2 Å². The van der Waals surface area contributed by atoms with Crippen LogP contribution in [-0.4, -0.2) is 5.78 Å². The smallest absolute Gasteiger partial charge is 0.163 e. The molecule has 0 heterocycles. The SMILES string of the molecule is Cc1ccc(C)c(COc2cccc3c2CCCC3=O)c1. The maximum Gasteiger partial charge on any atom is 0.163 e. The van der Waals surface area contributed by atoms with Crippen molar-refractivity contribution in [1.29, 1.82) is 0 Å².